The molecule has 4 heteroatoms. The minimum Gasteiger partial charge on any atom is -0.460 e. The van der Waals surface area contributed by atoms with Crippen LogP contribution in [0.4, 0.5) is 0 Å². The molecule has 0 unspecified atom stereocenters. The largest absolute Gasteiger partial charge is 0.460 e. The van der Waals surface area contributed by atoms with Crippen molar-refractivity contribution < 1.29 is 14.3 Å². The quantitative estimate of drug-likeness (QED) is 0.800. The Kier molecular flexibility index (Phi) is 4.17. The number of ketones is 1. The molecule has 2 aliphatic heterocycles. The van der Waals surface area contributed by atoms with Crippen molar-refractivity contribution in [2.45, 2.75) is 56.5 Å². The SMILES string of the molecule is O=C(OC[C@@H]1CC[C@@]23CCCC[C@@H]2C(=O)CCN13)c1ccccc1. The third-order valence-electron chi connectivity index (χ3n) is 6.33. The maximum absolute atomic E-state index is 12.4. The van der Waals surface area contributed by atoms with Crippen LogP contribution >= 0.6 is 0 Å². The number of rotatable bonds is 3. The Balaban J connectivity index is 1.44. The van der Waals surface area contributed by atoms with Crippen molar-refractivity contribution >= 4 is 11.8 Å². The van der Waals surface area contributed by atoms with Crippen molar-refractivity contribution in [1.29, 1.82) is 0 Å². The highest BCUT2D eigenvalue weighted by Gasteiger charge is 2.56. The van der Waals surface area contributed by atoms with Gasteiger partial charge in [-0.25, -0.2) is 4.79 Å². The second-order valence-electron chi connectivity index (χ2n) is 7.47. The molecular weight excluding hydrogens is 302 g/mol. The van der Waals surface area contributed by atoms with Crippen LogP contribution in [0.25, 0.3) is 0 Å². The molecular formula is C20H25NO3. The van der Waals surface area contributed by atoms with Gasteiger partial charge in [0.2, 0.25) is 0 Å². The summed E-state index contributed by atoms with van der Waals surface area (Å²) in [6.07, 6.45) is 7.35. The molecule has 0 bridgehead atoms. The van der Waals surface area contributed by atoms with Crippen molar-refractivity contribution in [2.75, 3.05) is 13.2 Å². The normalized spacial score (nSPS) is 32.9. The molecule has 2 saturated heterocycles. The first kappa shape index (κ1) is 15.8. The summed E-state index contributed by atoms with van der Waals surface area (Å²) in [5.74, 6) is 0.438. The fourth-order valence-corrected chi connectivity index (χ4v) is 5.22. The number of esters is 1. The molecule has 0 N–H and O–H groups in total. The van der Waals surface area contributed by atoms with Crippen molar-refractivity contribution in [2.24, 2.45) is 5.92 Å². The first-order valence-corrected chi connectivity index (χ1v) is 9.22. The van der Waals surface area contributed by atoms with E-state index in [0.717, 1.165) is 32.2 Å². The standard InChI is InChI=1S/C20H25NO3/c22-18-10-13-21-16(9-12-20(21)11-5-4-8-17(18)20)14-24-19(23)15-6-2-1-3-7-15/h1-3,6-7,16-17H,4-5,8-14H2/t16-,17+,20-/m0/s1. The summed E-state index contributed by atoms with van der Waals surface area (Å²) < 4.78 is 5.60. The first-order chi connectivity index (χ1) is 11.7. The number of piperidine rings is 1. The summed E-state index contributed by atoms with van der Waals surface area (Å²) in [5.41, 5.74) is 0.673. The minimum absolute atomic E-state index is 0.0669. The molecule has 3 fully saturated rings. The Bertz CT molecular complexity index is 629. The van der Waals surface area contributed by atoms with E-state index >= 15 is 0 Å². The number of ether oxygens (including phenoxy) is 1. The highest BCUT2D eigenvalue weighted by atomic mass is 16.5. The zero-order chi connectivity index (χ0) is 16.6. The van der Waals surface area contributed by atoms with E-state index in [9.17, 15) is 9.59 Å². The fraction of sp³-hybridized carbons (Fsp3) is 0.600. The fourth-order valence-electron chi connectivity index (χ4n) is 5.22. The minimum atomic E-state index is -0.246. The molecule has 0 amide bonds. The Morgan fingerprint density at radius 1 is 1.17 bits per heavy atom. The summed E-state index contributed by atoms with van der Waals surface area (Å²) >= 11 is 0. The summed E-state index contributed by atoms with van der Waals surface area (Å²) in [7, 11) is 0. The van der Waals surface area contributed by atoms with Gasteiger partial charge in [0, 0.05) is 30.5 Å². The van der Waals surface area contributed by atoms with Crippen LogP contribution in [-0.2, 0) is 9.53 Å². The van der Waals surface area contributed by atoms with Gasteiger partial charge in [0.25, 0.3) is 0 Å². The Labute approximate surface area is 143 Å². The zero-order valence-electron chi connectivity index (χ0n) is 14.1. The lowest BCUT2D eigenvalue weighted by Crippen LogP contribution is -2.60. The van der Waals surface area contributed by atoms with E-state index in [-0.39, 0.29) is 23.5 Å². The number of benzene rings is 1. The van der Waals surface area contributed by atoms with Gasteiger partial charge in [0.15, 0.2) is 0 Å². The van der Waals surface area contributed by atoms with Gasteiger partial charge in [0.1, 0.15) is 12.4 Å². The van der Waals surface area contributed by atoms with Crippen molar-refractivity contribution in [1.82, 2.24) is 4.90 Å². The van der Waals surface area contributed by atoms with E-state index in [1.165, 1.54) is 12.8 Å². The lowest BCUT2D eigenvalue weighted by molar-refractivity contribution is -0.137. The Hall–Kier alpha value is -1.68. The van der Waals surface area contributed by atoms with Crippen molar-refractivity contribution in [3.63, 3.8) is 0 Å². The van der Waals surface area contributed by atoms with Crippen LogP contribution < -0.4 is 0 Å². The van der Waals surface area contributed by atoms with Crippen LogP contribution in [0.15, 0.2) is 30.3 Å². The lowest BCUT2D eigenvalue weighted by atomic mass is 9.67. The van der Waals surface area contributed by atoms with Crippen LogP contribution in [0.2, 0.25) is 0 Å². The summed E-state index contributed by atoms with van der Waals surface area (Å²) in [6.45, 7) is 1.28. The molecule has 2 heterocycles. The van der Waals surface area contributed by atoms with E-state index in [2.05, 4.69) is 4.90 Å². The monoisotopic (exact) mass is 327 g/mol. The van der Waals surface area contributed by atoms with Crippen molar-refractivity contribution in [3.8, 4) is 0 Å². The predicted octanol–water partition coefficient (Wildman–Crippen LogP) is 3.21. The molecule has 1 aromatic rings. The van der Waals surface area contributed by atoms with Gasteiger partial charge in [-0.2, -0.15) is 0 Å². The zero-order valence-corrected chi connectivity index (χ0v) is 14.1. The second kappa shape index (κ2) is 6.32. The van der Waals surface area contributed by atoms with Gasteiger partial charge in [-0.05, 0) is 37.8 Å². The summed E-state index contributed by atoms with van der Waals surface area (Å²) in [5, 5.41) is 0. The number of carbonyl (C=O) groups is 2. The van der Waals surface area contributed by atoms with E-state index in [1.54, 1.807) is 12.1 Å². The highest BCUT2D eigenvalue weighted by Crippen LogP contribution is 2.50. The maximum atomic E-state index is 12.4. The predicted molar refractivity (Wildman–Crippen MR) is 90.8 cm³/mol. The van der Waals surface area contributed by atoms with Gasteiger partial charge in [-0.15, -0.1) is 0 Å². The van der Waals surface area contributed by atoms with Crippen LogP contribution in [0.3, 0.4) is 0 Å². The van der Waals surface area contributed by atoms with Gasteiger partial charge >= 0.3 is 5.97 Å². The highest BCUT2D eigenvalue weighted by molar-refractivity contribution is 5.89. The molecule has 4 nitrogen and oxygen atoms in total. The lowest BCUT2D eigenvalue weighted by Gasteiger charge is -2.51. The second-order valence-corrected chi connectivity index (χ2v) is 7.47. The first-order valence-electron chi connectivity index (χ1n) is 9.22. The van der Waals surface area contributed by atoms with Crippen molar-refractivity contribution in [3.05, 3.63) is 35.9 Å². The molecule has 1 spiro atoms. The van der Waals surface area contributed by atoms with Crippen LogP contribution in [-0.4, -0.2) is 41.4 Å². The average Bonchev–Trinajstić information content (AvgIpc) is 2.98. The topological polar surface area (TPSA) is 46.6 Å². The average molecular weight is 327 g/mol. The Morgan fingerprint density at radius 2 is 2.00 bits per heavy atom. The van der Waals surface area contributed by atoms with Crippen LogP contribution in [0.1, 0.15) is 55.3 Å². The van der Waals surface area contributed by atoms with Crippen LogP contribution in [0, 0.1) is 5.92 Å². The molecule has 0 aromatic heterocycles. The number of carbonyl (C=O) groups excluding carboxylic acids is 2. The molecule has 3 aliphatic rings. The number of Topliss-reactive ketones (excluding diaryl/α,β-unsaturated/α-hetero) is 1. The molecule has 128 valence electrons. The third kappa shape index (κ3) is 2.57. The molecule has 4 rings (SSSR count). The van der Waals surface area contributed by atoms with Gasteiger partial charge < -0.3 is 4.74 Å². The van der Waals surface area contributed by atoms with E-state index in [0.29, 0.717) is 24.4 Å². The number of nitrogens with zero attached hydrogens (tertiary/aromatic N) is 1. The number of hydrogen-bond acceptors (Lipinski definition) is 4. The third-order valence-corrected chi connectivity index (χ3v) is 6.33. The maximum Gasteiger partial charge on any atom is 0.338 e. The smallest absolute Gasteiger partial charge is 0.338 e. The molecule has 1 aromatic carbocycles. The Morgan fingerprint density at radius 3 is 2.83 bits per heavy atom. The van der Waals surface area contributed by atoms with E-state index in [1.807, 2.05) is 18.2 Å². The van der Waals surface area contributed by atoms with Gasteiger partial charge in [-0.1, -0.05) is 31.0 Å². The molecule has 1 aliphatic carbocycles. The molecule has 0 radical (unpaired) electrons. The van der Waals surface area contributed by atoms with Crippen LogP contribution in [0.5, 0.6) is 0 Å². The van der Waals surface area contributed by atoms with E-state index in [4.69, 9.17) is 4.74 Å². The molecule has 3 atom stereocenters. The van der Waals surface area contributed by atoms with E-state index < -0.39 is 0 Å². The summed E-state index contributed by atoms with van der Waals surface area (Å²) in [6, 6.07) is 9.44. The van der Waals surface area contributed by atoms with Gasteiger partial charge in [0.05, 0.1) is 5.56 Å². The molecule has 24 heavy (non-hydrogen) atoms. The molecule has 1 saturated carbocycles. The number of hydrogen-bond donors (Lipinski definition) is 0. The van der Waals surface area contributed by atoms with Gasteiger partial charge in [-0.3, -0.25) is 9.69 Å². The summed E-state index contributed by atoms with van der Waals surface area (Å²) in [4.78, 5) is 27.1.